The van der Waals surface area contributed by atoms with E-state index in [1.54, 1.807) is 13.0 Å². The van der Waals surface area contributed by atoms with E-state index in [2.05, 4.69) is 25.5 Å². The average Bonchev–Trinajstić information content (AvgIpc) is 3.21. The van der Waals surface area contributed by atoms with Crippen LogP contribution in [0.25, 0.3) is 22.3 Å². The minimum Gasteiger partial charge on any atom is -0.497 e. The molecule has 0 unspecified atom stereocenters. The molecule has 0 saturated heterocycles. The predicted octanol–water partition coefficient (Wildman–Crippen LogP) is 5.17. The Morgan fingerprint density at radius 3 is 2.67 bits per heavy atom. The SMILES string of the molecule is CCc1n[nH]c2nc(-c3cc(NC(=O)c4cc(OC)cc(C(F)(F)F)c4)cnc3C)ccc12. The third-order valence-corrected chi connectivity index (χ3v) is 5.19. The van der Waals surface area contributed by atoms with E-state index < -0.39 is 17.6 Å². The summed E-state index contributed by atoms with van der Waals surface area (Å²) in [5.74, 6) is -0.790. The number of nitrogens with one attached hydrogen (secondary N) is 2. The minimum atomic E-state index is -4.61. The third-order valence-electron chi connectivity index (χ3n) is 5.19. The Bertz CT molecular complexity index is 1350. The van der Waals surface area contributed by atoms with Crippen LogP contribution in [0, 0.1) is 6.92 Å². The van der Waals surface area contributed by atoms with Gasteiger partial charge in [-0.2, -0.15) is 18.3 Å². The topological polar surface area (TPSA) is 92.8 Å². The molecule has 170 valence electrons. The Morgan fingerprint density at radius 2 is 1.97 bits per heavy atom. The van der Waals surface area contributed by atoms with Crippen LogP contribution < -0.4 is 10.1 Å². The van der Waals surface area contributed by atoms with Gasteiger partial charge in [-0.3, -0.25) is 14.9 Å². The number of pyridine rings is 2. The number of aromatic amines is 1. The second-order valence-corrected chi connectivity index (χ2v) is 7.38. The highest BCUT2D eigenvalue weighted by molar-refractivity contribution is 6.05. The number of hydrogen-bond acceptors (Lipinski definition) is 5. The zero-order chi connectivity index (χ0) is 23.8. The van der Waals surface area contributed by atoms with Crippen molar-refractivity contribution in [1.29, 1.82) is 0 Å². The van der Waals surface area contributed by atoms with Crippen molar-refractivity contribution in [2.45, 2.75) is 26.4 Å². The first-order chi connectivity index (χ1) is 15.7. The van der Waals surface area contributed by atoms with Crippen molar-refractivity contribution in [2.24, 2.45) is 0 Å². The number of halogens is 3. The summed E-state index contributed by atoms with van der Waals surface area (Å²) in [7, 11) is 1.24. The Morgan fingerprint density at radius 1 is 1.18 bits per heavy atom. The molecule has 0 spiro atoms. The molecule has 4 rings (SSSR count). The van der Waals surface area contributed by atoms with Crippen LogP contribution in [0.5, 0.6) is 5.75 Å². The highest BCUT2D eigenvalue weighted by Gasteiger charge is 2.32. The van der Waals surface area contributed by atoms with Gasteiger partial charge in [0, 0.05) is 22.2 Å². The Balaban J connectivity index is 1.65. The molecule has 0 saturated carbocycles. The normalized spacial score (nSPS) is 11.6. The van der Waals surface area contributed by atoms with Crippen molar-refractivity contribution in [1.82, 2.24) is 20.2 Å². The summed E-state index contributed by atoms with van der Waals surface area (Å²) in [6, 6.07) is 8.29. The van der Waals surface area contributed by atoms with Crippen LogP contribution in [-0.2, 0) is 12.6 Å². The quantitative estimate of drug-likeness (QED) is 0.433. The molecular formula is C23H20F3N5O2. The van der Waals surface area contributed by atoms with Crippen LogP contribution in [0.3, 0.4) is 0 Å². The number of ether oxygens (including phenoxy) is 1. The van der Waals surface area contributed by atoms with Crippen LogP contribution in [0.2, 0.25) is 0 Å². The zero-order valence-corrected chi connectivity index (χ0v) is 18.0. The van der Waals surface area contributed by atoms with E-state index >= 15 is 0 Å². The van der Waals surface area contributed by atoms with Crippen LogP contribution in [0.15, 0.2) is 42.6 Å². The number of rotatable bonds is 5. The van der Waals surface area contributed by atoms with Gasteiger partial charge in [0.25, 0.3) is 5.91 Å². The van der Waals surface area contributed by atoms with E-state index in [1.165, 1.54) is 19.4 Å². The van der Waals surface area contributed by atoms with Crippen molar-refractivity contribution < 1.29 is 22.7 Å². The number of benzene rings is 1. The van der Waals surface area contributed by atoms with Crippen molar-refractivity contribution in [3.8, 4) is 17.0 Å². The lowest BCUT2D eigenvalue weighted by Crippen LogP contribution is -2.15. The number of methoxy groups -OCH3 is 1. The fraction of sp³-hybridized carbons (Fsp3) is 0.217. The third kappa shape index (κ3) is 4.50. The lowest BCUT2D eigenvalue weighted by atomic mass is 10.1. The molecule has 1 amide bonds. The number of alkyl halides is 3. The predicted molar refractivity (Wildman–Crippen MR) is 117 cm³/mol. The highest BCUT2D eigenvalue weighted by atomic mass is 19.4. The maximum Gasteiger partial charge on any atom is 0.416 e. The molecule has 3 heterocycles. The Labute approximate surface area is 187 Å². The number of nitrogens with zero attached hydrogens (tertiary/aromatic N) is 3. The molecule has 3 aromatic heterocycles. The van der Waals surface area contributed by atoms with E-state index in [-0.39, 0.29) is 11.3 Å². The summed E-state index contributed by atoms with van der Waals surface area (Å²) in [5.41, 5.74) is 2.67. The van der Waals surface area contributed by atoms with E-state index in [0.717, 1.165) is 29.6 Å². The summed E-state index contributed by atoms with van der Waals surface area (Å²) in [6.45, 7) is 3.80. The van der Waals surface area contributed by atoms with Gasteiger partial charge in [-0.1, -0.05) is 6.92 Å². The van der Waals surface area contributed by atoms with E-state index in [1.807, 2.05) is 19.1 Å². The molecular weight excluding hydrogens is 435 g/mol. The molecule has 0 bridgehead atoms. The fourth-order valence-electron chi connectivity index (χ4n) is 3.45. The standard InChI is InChI=1S/C23H20F3N5O2/c1-4-19-17-5-6-20(29-21(17)31-30-19)18-10-15(11-27-12(18)2)28-22(32)13-7-14(23(24,25)26)9-16(8-13)33-3/h5-11H,4H2,1-3H3,(H,28,32)(H,29,30,31). The number of carbonyl (C=O) groups is 1. The van der Waals surface area contributed by atoms with E-state index in [0.29, 0.717) is 28.3 Å². The number of H-pyrrole nitrogens is 1. The molecule has 0 radical (unpaired) electrons. The lowest BCUT2D eigenvalue weighted by molar-refractivity contribution is -0.137. The van der Waals surface area contributed by atoms with Crippen LogP contribution in [-0.4, -0.2) is 33.2 Å². The molecule has 0 aliphatic carbocycles. The maximum absolute atomic E-state index is 13.2. The number of hydrogen-bond donors (Lipinski definition) is 2. The van der Waals surface area contributed by atoms with Crippen LogP contribution in [0.1, 0.15) is 34.2 Å². The lowest BCUT2D eigenvalue weighted by Gasteiger charge is -2.13. The first-order valence-electron chi connectivity index (χ1n) is 10.1. The summed E-state index contributed by atoms with van der Waals surface area (Å²) in [5, 5.41) is 10.7. The van der Waals surface area contributed by atoms with Crippen LogP contribution in [0.4, 0.5) is 18.9 Å². The first-order valence-corrected chi connectivity index (χ1v) is 10.1. The van der Waals surface area contributed by atoms with Gasteiger partial charge in [-0.05, 0) is 49.7 Å². The summed E-state index contributed by atoms with van der Waals surface area (Å²) >= 11 is 0. The molecule has 10 heteroatoms. The molecule has 33 heavy (non-hydrogen) atoms. The fourth-order valence-corrected chi connectivity index (χ4v) is 3.45. The maximum atomic E-state index is 13.2. The van der Waals surface area contributed by atoms with Crippen LogP contribution >= 0.6 is 0 Å². The molecule has 0 aliphatic rings. The molecule has 2 N–H and O–H groups in total. The summed E-state index contributed by atoms with van der Waals surface area (Å²) in [6.07, 6.45) is -2.41. The van der Waals surface area contributed by atoms with Gasteiger partial charge in [0.1, 0.15) is 5.75 Å². The number of amides is 1. The van der Waals surface area contributed by atoms with Crippen molar-refractivity contribution >= 4 is 22.6 Å². The Hall–Kier alpha value is -3.95. The van der Waals surface area contributed by atoms with Gasteiger partial charge in [0.2, 0.25) is 0 Å². The molecule has 1 aromatic carbocycles. The van der Waals surface area contributed by atoms with Gasteiger partial charge < -0.3 is 10.1 Å². The first kappa shape index (κ1) is 22.3. The highest BCUT2D eigenvalue weighted by Crippen LogP contribution is 2.33. The minimum absolute atomic E-state index is 0.0683. The van der Waals surface area contributed by atoms with Gasteiger partial charge in [0.05, 0.1) is 35.9 Å². The van der Waals surface area contributed by atoms with E-state index in [9.17, 15) is 18.0 Å². The zero-order valence-electron chi connectivity index (χ0n) is 18.0. The van der Waals surface area contributed by atoms with Crippen molar-refractivity contribution in [2.75, 3.05) is 12.4 Å². The molecule has 0 atom stereocenters. The molecule has 0 aliphatic heterocycles. The van der Waals surface area contributed by atoms with Crippen molar-refractivity contribution in [3.63, 3.8) is 0 Å². The largest absolute Gasteiger partial charge is 0.497 e. The molecule has 7 nitrogen and oxygen atoms in total. The van der Waals surface area contributed by atoms with E-state index in [4.69, 9.17) is 4.74 Å². The number of aryl methyl sites for hydroxylation is 2. The number of carbonyl (C=O) groups excluding carboxylic acids is 1. The van der Waals surface area contributed by atoms with Gasteiger partial charge in [-0.15, -0.1) is 0 Å². The Kier molecular flexibility index (Phi) is 5.75. The number of fused-ring (bicyclic) bond motifs is 1. The molecule has 0 fully saturated rings. The summed E-state index contributed by atoms with van der Waals surface area (Å²) in [4.78, 5) is 21.6. The second-order valence-electron chi connectivity index (χ2n) is 7.38. The van der Waals surface area contributed by atoms with Gasteiger partial charge in [0.15, 0.2) is 5.65 Å². The molecule has 4 aromatic rings. The van der Waals surface area contributed by atoms with Gasteiger partial charge >= 0.3 is 6.18 Å². The monoisotopic (exact) mass is 455 g/mol. The summed E-state index contributed by atoms with van der Waals surface area (Å²) < 4.78 is 44.5. The number of aromatic nitrogens is 4. The second kappa shape index (κ2) is 8.53. The number of anilines is 1. The smallest absolute Gasteiger partial charge is 0.416 e. The van der Waals surface area contributed by atoms with Gasteiger partial charge in [-0.25, -0.2) is 4.98 Å². The average molecular weight is 455 g/mol. The van der Waals surface area contributed by atoms with Crippen molar-refractivity contribution in [3.05, 3.63) is 65.1 Å².